The first kappa shape index (κ1) is 13.0. The maximum Gasteiger partial charge on any atom is 0.0594 e. The molecule has 1 aliphatic heterocycles. The van der Waals surface area contributed by atoms with E-state index in [2.05, 4.69) is 39.0 Å². The average molecular weight is 299 g/mol. The van der Waals surface area contributed by atoms with Gasteiger partial charge in [0.2, 0.25) is 0 Å². The smallest absolute Gasteiger partial charge is 0.0594 e. The van der Waals surface area contributed by atoms with E-state index < -0.39 is 0 Å². The van der Waals surface area contributed by atoms with Crippen LogP contribution in [0.15, 0.2) is 28.7 Å². The van der Waals surface area contributed by atoms with Gasteiger partial charge in [0.15, 0.2) is 0 Å². The number of rotatable bonds is 4. The monoisotopic (exact) mass is 298 g/mol. The van der Waals surface area contributed by atoms with Crippen LogP contribution in [0.2, 0.25) is 0 Å². The molecule has 2 rings (SSSR count). The molecule has 4 heteroatoms. The van der Waals surface area contributed by atoms with Gasteiger partial charge < -0.3 is 10.5 Å². The lowest BCUT2D eigenvalue weighted by molar-refractivity contribution is 0.0353. The van der Waals surface area contributed by atoms with Crippen molar-refractivity contribution in [1.82, 2.24) is 4.90 Å². The molecule has 0 aliphatic carbocycles. The van der Waals surface area contributed by atoms with Gasteiger partial charge in [-0.2, -0.15) is 0 Å². The Balaban J connectivity index is 1.82. The summed E-state index contributed by atoms with van der Waals surface area (Å²) in [4.78, 5) is 2.38. The molecule has 0 saturated carbocycles. The van der Waals surface area contributed by atoms with Gasteiger partial charge in [0.25, 0.3) is 0 Å². The molecule has 1 fully saturated rings. The lowest BCUT2D eigenvalue weighted by atomic mass is 10.1. The second-order valence-electron chi connectivity index (χ2n) is 4.51. The van der Waals surface area contributed by atoms with Gasteiger partial charge in [-0.05, 0) is 24.1 Å². The van der Waals surface area contributed by atoms with Gasteiger partial charge in [-0.15, -0.1) is 0 Å². The summed E-state index contributed by atoms with van der Waals surface area (Å²) < 4.78 is 6.45. The van der Waals surface area contributed by atoms with Crippen LogP contribution in [-0.2, 0) is 11.2 Å². The first-order valence-corrected chi connectivity index (χ1v) is 6.83. The van der Waals surface area contributed by atoms with E-state index in [1.165, 1.54) is 5.56 Å². The highest BCUT2D eigenvalue weighted by Gasteiger charge is 2.14. The van der Waals surface area contributed by atoms with Crippen LogP contribution in [0, 0.1) is 0 Å². The molecule has 1 atom stereocenters. The molecule has 0 spiro atoms. The van der Waals surface area contributed by atoms with Gasteiger partial charge in [-0.25, -0.2) is 0 Å². The number of nitrogens with two attached hydrogens (primary N) is 1. The minimum atomic E-state index is 0.197. The molecule has 0 bridgehead atoms. The van der Waals surface area contributed by atoms with Crippen LogP contribution in [0.3, 0.4) is 0 Å². The van der Waals surface area contributed by atoms with E-state index in [0.717, 1.165) is 43.7 Å². The zero-order valence-corrected chi connectivity index (χ0v) is 11.5. The molecular formula is C13H19BrN2O. The molecule has 1 aliphatic rings. The van der Waals surface area contributed by atoms with E-state index in [-0.39, 0.29) is 6.04 Å². The predicted octanol–water partition coefficient (Wildman–Crippen LogP) is 1.65. The molecule has 0 radical (unpaired) electrons. The molecule has 1 aromatic carbocycles. The summed E-state index contributed by atoms with van der Waals surface area (Å²) in [6.07, 6.45) is 0.927. The highest BCUT2D eigenvalue weighted by Crippen LogP contribution is 2.13. The van der Waals surface area contributed by atoms with Crippen LogP contribution in [-0.4, -0.2) is 43.8 Å². The highest BCUT2D eigenvalue weighted by molar-refractivity contribution is 9.10. The molecule has 1 heterocycles. The second-order valence-corrected chi connectivity index (χ2v) is 5.42. The van der Waals surface area contributed by atoms with Crippen LogP contribution in [0.25, 0.3) is 0 Å². The lowest BCUT2D eigenvalue weighted by Crippen LogP contribution is -2.44. The molecule has 1 saturated heterocycles. The van der Waals surface area contributed by atoms with Crippen molar-refractivity contribution >= 4 is 15.9 Å². The fourth-order valence-corrected chi connectivity index (χ4v) is 2.59. The Kier molecular flexibility index (Phi) is 4.98. The number of nitrogens with zero attached hydrogens (tertiary/aromatic N) is 1. The van der Waals surface area contributed by atoms with E-state index >= 15 is 0 Å². The molecular weight excluding hydrogens is 280 g/mol. The third-order valence-electron chi connectivity index (χ3n) is 2.98. The summed E-state index contributed by atoms with van der Waals surface area (Å²) in [5.74, 6) is 0. The van der Waals surface area contributed by atoms with Crippen LogP contribution < -0.4 is 5.73 Å². The predicted molar refractivity (Wildman–Crippen MR) is 73.1 cm³/mol. The molecule has 1 unspecified atom stereocenters. The Morgan fingerprint density at radius 1 is 1.35 bits per heavy atom. The van der Waals surface area contributed by atoms with Crippen LogP contribution in [0.1, 0.15) is 5.56 Å². The zero-order chi connectivity index (χ0) is 12.1. The summed E-state index contributed by atoms with van der Waals surface area (Å²) in [6.45, 7) is 4.64. The minimum absolute atomic E-state index is 0.197. The Hall–Kier alpha value is -0.420. The second kappa shape index (κ2) is 6.50. The van der Waals surface area contributed by atoms with Crippen molar-refractivity contribution in [1.29, 1.82) is 0 Å². The first-order chi connectivity index (χ1) is 8.24. The SMILES string of the molecule is NC(Cc1cccc(Br)c1)CN1CCOCC1. The fourth-order valence-electron chi connectivity index (χ4n) is 2.15. The summed E-state index contributed by atoms with van der Waals surface area (Å²) in [5, 5.41) is 0. The maximum absolute atomic E-state index is 6.19. The number of halogens is 1. The Morgan fingerprint density at radius 3 is 2.82 bits per heavy atom. The number of ether oxygens (including phenoxy) is 1. The zero-order valence-electron chi connectivity index (χ0n) is 9.94. The van der Waals surface area contributed by atoms with E-state index in [1.54, 1.807) is 0 Å². The molecule has 0 amide bonds. The standard InChI is InChI=1S/C13H19BrN2O/c14-12-3-1-2-11(8-12)9-13(15)10-16-4-6-17-7-5-16/h1-3,8,13H,4-7,9-10,15H2. The average Bonchev–Trinajstić information content (AvgIpc) is 2.30. The van der Waals surface area contributed by atoms with E-state index in [4.69, 9.17) is 10.5 Å². The van der Waals surface area contributed by atoms with Gasteiger partial charge in [-0.3, -0.25) is 4.90 Å². The van der Waals surface area contributed by atoms with Crippen LogP contribution in [0.5, 0.6) is 0 Å². The molecule has 3 nitrogen and oxygen atoms in total. The number of benzene rings is 1. The first-order valence-electron chi connectivity index (χ1n) is 6.04. The number of morpholine rings is 1. The highest BCUT2D eigenvalue weighted by atomic mass is 79.9. The summed E-state index contributed by atoms with van der Waals surface area (Å²) in [5.41, 5.74) is 7.48. The van der Waals surface area contributed by atoms with Gasteiger partial charge >= 0.3 is 0 Å². The van der Waals surface area contributed by atoms with E-state index in [9.17, 15) is 0 Å². The Labute approximate surface area is 111 Å². The fraction of sp³-hybridized carbons (Fsp3) is 0.538. The van der Waals surface area contributed by atoms with Crippen molar-refractivity contribution in [3.8, 4) is 0 Å². The van der Waals surface area contributed by atoms with Gasteiger partial charge in [0, 0.05) is 30.1 Å². The summed E-state index contributed by atoms with van der Waals surface area (Å²) in [7, 11) is 0. The topological polar surface area (TPSA) is 38.5 Å². The van der Waals surface area contributed by atoms with Crippen molar-refractivity contribution in [2.75, 3.05) is 32.8 Å². The van der Waals surface area contributed by atoms with E-state index in [0.29, 0.717) is 0 Å². The van der Waals surface area contributed by atoms with Gasteiger partial charge in [-0.1, -0.05) is 28.1 Å². The van der Waals surface area contributed by atoms with Gasteiger partial charge in [0.05, 0.1) is 13.2 Å². The largest absolute Gasteiger partial charge is 0.379 e. The minimum Gasteiger partial charge on any atom is -0.379 e. The lowest BCUT2D eigenvalue weighted by Gasteiger charge is -2.29. The number of hydrogen-bond acceptors (Lipinski definition) is 3. The number of hydrogen-bond donors (Lipinski definition) is 1. The summed E-state index contributed by atoms with van der Waals surface area (Å²) >= 11 is 3.48. The molecule has 94 valence electrons. The molecule has 17 heavy (non-hydrogen) atoms. The summed E-state index contributed by atoms with van der Waals surface area (Å²) in [6, 6.07) is 8.56. The van der Waals surface area contributed by atoms with E-state index in [1.807, 2.05) is 6.07 Å². The normalized spacial score (nSPS) is 19.2. The van der Waals surface area contributed by atoms with Crippen LogP contribution >= 0.6 is 15.9 Å². The van der Waals surface area contributed by atoms with Crippen molar-refractivity contribution in [3.05, 3.63) is 34.3 Å². The third kappa shape index (κ3) is 4.39. The van der Waals surface area contributed by atoms with Gasteiger partial charge in [0.1, 0.15) is 0 Å². The molecule has 2 N–H and O–H groups in total. The van der Waals surface area contributed by atoms with Crippen molar-refractivity contribution in [2.45, 2.75) is 12.5 Å². The van der Waals surface area contributed by atoms with Crippen molar-refractivity contribution in [3.63, 3.8) is 0 Å². The molecule has 0 aromatic heterocycles. The Morgan fingerprint density at radius 2 is 2.12 bits per heavy atom. The third-order valence-corrected chi connectivity index (χ3v) is 3.48. The maximum atomic E-state index is 6.19. The Bertz CT molecular complexity index is 353. The molecule has 1 aromatic rings. The van der Waals surface area contributed by atoms with Crippen molar-refractivity contribution < 1.29 is 4.74 Å². The van der Waals surface area contributed by atoms with Crippen molar-refractivity contribution in [2.24, 2.45) is 5.73 Å². The quantitative estimate of drug-likeness (QED) is 0.919. The van der Waals surface area contributed by atoms with Crippen LogP contribution in [0.4, 0.5) is 0 Å².